The highest BCUT2D eigenvalue weighted by molar-refractivity contribution is 6.00. The van der Waals surface area contributed by atoms with Crippen molar-refractivity contribution in [1.82, 2.24) is 14.7 Å². The lowest BCUT2D eigenvalue weighted by Gasteiger charge is -2.41. The van der Waals surface area contributed by atoms with Gasteiger partial charge in [-0.25, -0.2) is 0 Å². The summed E-state index contributed by atoms with van der Waals surface area (Å²) in [6.45, 7) is 0.622. The van der Waals surface area contributed by atoms with E-state index in [2.05, 4.69) is 0 Å². The molecule has 3 amide bonds. The van der Waals surface area contributed by atoms with Crippen LogP contribution in [0.4, 0.5) is 0 Å². The van der Waals surface area contributed by atoms with Crippen molar-refractivity contribution in [3.63, 3.8) is 0 Å². The summed E-state index contributed by atoms with van der Waals surface area (Å²) in [5.74, 6) is -2.10. The molecule has 6 rings (SSSR count). The molecule has 1 spiro atoms. The molecule has 3 fully saturated rings. The van der Waals surface area contributed by atoms with Crippen LogP contribution in [0.25, 0.3) is 0 Å². The van der Waals surface area contributed by atoms with Gasteiger partial charge in [0.05, 0.1) is 30.6 Å². The first kappa shape index (κ1) is 25.3. The third kappa shape index (κ3) is 3.92. The maximum Gasteiger partial charge on any atom is 0.249 e. The molecule has 5 aliphatic rings. The highest BCUT2D eigenvalue weighted by atomic mass is 16.5. The van der Waals surface area contributed by atoms with Gasteiger partial charge in [0.15, 0.2) is 0 Å². The molecule has 1 aromatic carbocycles. The number of hydrogen-bond donors (Lipinski definition) is 1. The second-order valence-electron chi connectivity index (χ2n) is 11.4. The molecule has 2 saturated heterocycles. The van der Waals surface area contributed by atoms with E-state index in [1.165, 1.54) is 6.42 Å². The number of aliphatic hydroxyl groups excluding tert-OH is 1. The zero-order chi connectivity index (χ0) is 26.4. The molecule has 1 saturated carbocycles. The number of ether oxygens (including phenoxy) is 1. The summed E-state index contributed by atoms with van der Waals surface area (Å²) in [5.41, 5.74) is -0.284. The molecule has 1 unspecified atom stereocenters. The Bertz CT molecular complexity index is 1150. The third-order valence-electron chi connectivity index (χ3n) is 9.26. The van der Waals surface area contributed by atoms with Gasteiger partial charge in [0.1, 0.15) is 11.6 Å². The van der Waals surface area contributed by atoms with E-state index in [0.29, 0.717) is 19.5 Å². The summed E-state index contributed by atoms with van der Waals surface area (Å²) in [6, 6.07) is 8.28. The van der Waals surface area contributed by atoms with Crippen molar-refractivity contribution >= 4 is 17.7 Å². The summed E-state index contributed by atoms with van der Waals surface area (Å²) >= 11 is 0. The Kier molecular flexibility index (Phi) is 6.64. The fourth-order valence-corrected chi connectivity index (χ4v) is 7.47. The van der Waals surface area contributed by atoms with Crippen molar-refractivity contribution in [1.29, 1.82) is 0 Å². The highest BCUT2D eigenvalue weighted by Crippen LogP contribution is 2.54. The fraction of sp³-hybridized carbons (Fsp3) is 0.567. The van der Waals surface area contributed by atoms with Gasteiger partial charge < -0.3 is 24.5 Å². The molecule has 1 N–H and O–H groups in total. The standard InChI is InChI=1S/C30H37N3O5/c1-31-16-8-14-23-24(27(31)35)25-28(36)33(22(19-34)18-20-10-4-2-5-11-20)26-29(37)32(21-12-6-3-7-13-21)17-9-15-30(25,26)38-23/h2,4-5,8-11,14-15,21-26,34H,3,6-7,12-13,16-19H2,1H3/t22-,23+,24-,25+,26?,30+/m1/s1. The van der Waals surface area contributed by atoms with Gasteiger partial charge in [0.25, 0.3) is 0 Å². The molecule has 0 bridgehead atoms. The molecule has 38 heavy (non-hydrogen) atoms. The third-order valence-corrected chi connectivity index (χ3v) is 9.26. The van der Waals surface area contributed by atoms with E-state index in [1.807, 2.05) is 59.5 Å². The first-order valence-electron chi connectivity index (χ1n) is 14.0. The predicted molar refractivity (Wildman–Crippen MR) is 141 cm³/mol. The van der Waals surface area contributed by atoms with E-state index in [9.17, 15) is 19.5 Å². The van der Waals surface area contributed by atoms with Gasteiger partial charge in [-0.15, -0.1) is 0 Å². The Morgan fingerprint density at radius 1 is 1.00 bits per heavy atom. The second kappa shape index (κ2) is 9.97. The van der Waals surface area contributed by atoms with Crippen LogP contribution in [0.1, 0.15) is 37.7 Å². The van der Waals surface area contributed by atoms with E-state index in [0.717, 1.165) is 31.2 Å². The summed E-state index contributed by atoms with van der Waals surface area (Å²) in [4.78, 5) is 47.7. The maximum absolute atomic E-state index is 14.5. The number of aliphatic hydroxyl groups is 1. The number of likely N-dealkylation sites (tertiary alicyclic amines) is 1. The quantitative estimate of drug-likeness (QED) is 0.601. The summed E-state index contributed by atoms with van der Waals surface area (Å²) in [6.07, 6.45) is 12.7. The zero-order valence-electron chi connectivity index (χ0n) is 21.9. The minimum absolute atomic E-state index is 0.119. The van der Waals surface area contributed by atoms with Crippen LogP contribution in [-0.4, -0.2) is 94.1 Å². The minimum atomic E-state index is -1.25. The molecule has 0 radical (unpaired) electrons. The largest absolute Gasteiger partial charge is 0.394 e. The van der Waals surface area contributed by atoms with Gasteiger partial charge in [0.2, 0.25) is 17.7 Å². The van der Waals surface area contributed by atoms with E-state index in [4.69, 9.17) is 4.74 Å². The van der Waals surface area contributed by atoms with E-state index in [-0.39, 0.29) is 30.4 Å². The second-order valence-corrected chi connectivity index (χ2v) is 11.4. The number of benzene rings is 1. The molecule has 202 valence electrons. The Hall–Kier alpha value is -2.97. The number of rotatable bonds is 5. The zero-order valence-corrected chi connectivity index (χ0v) is 21.9. The summed E-state index contributed by atoms with van der Waals surface area (Å²) in [5, 5.41) is 10.6. The number of fused-ring (bicyclic) bond motifs is 2. The Labute approximate surface area is 223 Å². The molecular weight excluding hydrogens is 482 g/mol. The Morgan fingerprint density at radius 2 is 1.76 bits per heavy atom. The van der Waals surface area contributed by atoms with Crippen LogP contribution < -0.4 is 0 Å². The number of likely N-dealkylation sites (N-methyl/N-ethyl adjacent to an activating group) is 1. The number of amides is 3. The van der Waals surface area contributed by atoms with Crippen molar-refractivity contribution in [2.45, 2.75) is 68.4 Å². The van der Waals surface area contributed by atoms with Crippen LogP contribution in [0.15, 0.2) is 54.6 Å². The maximum atomic E-state index is 14.5. The van der Waals surface area contributed by atoms with Crippen LogP contribution in [0.5, 0.6) is 0 Å². The lowest BCUT2D eigenvalue weighted by molar-refractivity contribution is -0.152. The van der Waals surface area contributed by atoms with Crippen LogP contribution in [0.2, 0.25) is 0 Å². The van der Waals surface area contributed by atoms with Crippen LogP contribution >= 0.6 is 0 Å². The number of nitrogens with zero attached hydrogens (tertiary/aromatic N) is 3. The first-order chi connectivity index (χ1) is 18.5. The summed E-state index contributed by atoms with van der Waals surface area (Å²) in [7, 11) is 1.74. The lowest BCUT2D eigenvalue weighted by atomic mass is 9.77. The first-order valence-corrected chi connectivity index (χ1v) is 14.0. The molecule has 8 heteroatoms. The fourth-order valence-electron chi connectivity index (χ4n) is 7.47. The van der Waals surface area contributed by atoms with Gasteiger partial charge in [0, 0.05) is 26.2 Å². The molecule has 1 aromatic rings. The van der Waals surface area contributed by atoms with Crippen LogP contribution in [-0.2, 0) is 25.5 Å². The van der Waals surface area contributed by atoms with Gasteiger partial charge in [-0.2, -0.15) is 0 Å². The SMILES string of the molecule is CN1CC=C[C@@H]2O[C@]34C=CCN(C5CCCCC5)C(=O)C3N([C@@H](CO)Cc3ccccc3)C(=O)[C@@H]4[C@@H]2C1=O. The van der Waals surface area contributed by atoms with Gasteiger partial charge in [-0.1, -0.05) is 73.9 Å². The smallest absolute Gasteiger partial charge is 0.249 e. The molecule has 8 nitrogen and oxygen atoms in total. The average molecular weight is 520 g/mol. The molecule has 4 heterocycles. The van der Waals surface area contributed by atoms with Crippen molar-refractivity contribution in [2.75, 3.05) is 26.7 Å². The number of hydrogen-bond acceptors (Lipinski definition) is 5. The van der Waals surface area contributed by atoms with Gasteiger partial charge in [-0.05, 0) is 24.8 Å². The van der Waals surface area contributed by atoms with E-state index >= 15 is 0 Å². The van der Waals surface area contributed by atoms with Gasteiger partial charge in [-0.3, -0.25) is 14.4 Å². The summed E-state index contributed by atoms with van der Waals surface area (Å²) < 4.78 is 6.70. The Balaban J connectivity index is 1.45. The van der Waals surface area contributed by atoms with Crippen LogP contribution in [0, 0.1) is 11.8 Å². The van der Waals surface area contributed by atoms with E-state index in [1.54, 1.807) is 16.8 Å². The van der Waals surface area contributed by atoms with E-state index < -0.39 is 35.6 Å². The predicted octanol–water partition coefficient (Wildman–Crippen LogP) is 1.93. The monoisotopic (exact) mass is 519 g/mol. The lowest BCUT2D eigenvalue weighted by Crippen LogP contribution is -2.60. The van der Waals surface area contributed by atoms with Gasteiger partial charge >= 0.3 is 0 Å². The minimum Gasteiger partial charge on any atom is -0.394 e. The molecule has 4 aliphatic heterocycles. The molecular formula is C30H37N3O5. The highest BCUT2D eigenvalue weighted by Gasteiger charge is 2.72. The molecule has 1 aliphatic carbocycles. The number of carbonyl (C=O) groups is 3. The molecule has 6 atom stereocenters. The molecule has 0 aromatic heterocycles. The average Bonchev–Trinajstić information content (AvgIpc) is 3.27. The number of carbonyl (C=O) groups excluding carboxylic acids is 3. The topological polar surface area (TPSA) is 90.4 Å². The normalized spacial score (nSPS) is 34.2. The van der Waals surface area contributed by atoms with Crippen LogP contribution in [0.3, 0.4) is 0 Å². The van der Waals surface area contributed by atoms with Crippen molar-refractivity contribution in [3.8, 4) is 0 Å². The van der Waals surface area contributed by atoms with Crippen molar-refractivity contribution in [2.24, 2.45) is 11.8 Å². The van der Waals surface area contributed by atoms with Crippen molar-refractivity contribution < 1.29 is 24.2 Å². The van der Waals surface area contributed by atoms with Crippen molar-refractivity contribution in [3.05, 3.63) is 60.2 Å². The Morgan fingerprint density at radius 3 is 2.50 bits per heavy atom.